The molecule has 1 aromatic heterocycles. The molecule has 5 nitrogen and oxygen atoms in total. The highest BCUT2D eigenvalue weighted by Gasteiger charge is 2.31. The van der Waals surface area contributed by atoms with E-state index in [0.29, 0.717) is 12.8 Å². The molecule has 0 fully saturated rings. The molecule has 0 unspecified atom stereocenters. The summed E-state index contributed by atoms with van der Waals surface area (Å²) in [5, 5.41) is 9.60. The second kappa shape index (κ2) is 5.97. The van der Waals surface area contributed by atoms with Crippen LogP contribution in [0, 0.1) is 0 Å². The van der Waals surface area contributed by atoms with E-state index in [2.05, 4.69) is 9.71 Å². The Morgan fingerprint density at radius 1 is 1.39 bits per heavy atom. The van der Waals surface area contributed by atoms with Crippen LogP contribution < -0.4 is 4.72 Å². The third-order valence-corrected chi connectivity index (χ3v) is 4.81. The van der Waals surface area contributed by atoms with E-state index in [-0.39, 0.29) is 16.7 Å². The highest BCUT2D eigenvalue weighted by Crippen LogP contribution is 2.19. The van der Waals surface area contributed by atoms with E-state index in [4.69, 9.17) is 11.6 Å². The second-order valence-corrected chi connectivity index (χ2v) is 6.14. The van der Waals surface area contributed by atoms with Crippen molar-refractivity contribution in [2.45, 2.75) is 37.1 Å². The van der Waals surface area contributed by atoms with Crippen molar-refractivity contribution in [3.05, 3.63) is 23.5 Å². The van der Waals surface area contributed by atoms with Crippen molar-refractivity contribution in [1.29, 1.82) is 0 Å². The third-order valence-electron chi connectivity index (χ3n) is 3.02. The molecule has 0 radical (unpaired) electrons. The second-order valence-electron chi connectivity index (χ2n) is 4.07. The number of aliphatic hydroxyl groups is 1. The molecule has 0 saturated heterocycles. The van der Waals surface area contributed by atoms with Gasteiger partial charge in [-0.2, -0.15) is 0 Å². The monoisotopic (exact) mass is 292 g/mol. The summed E-state index contributed by atoms with van der Waals surface area (Å²) in [6, 6.07) is 2.79. The number of hydrogen-bond donors (Lipinski definition) is 2. The number of nitrogens with one attached hydrogen (secondary N) is 1. The highest BCUT2D eigenvalue weighted by molar-refractivity contribution is 7.89. The number of aliphatic hydroxyl groups excluding tert-OH is 1. The largest absolute Gasteiger partial charge is 0.394 e. The van der Waals surface area contributed by atoms with E-state index < -0.39 is 15.6 Å². The van der Waals surface area contributed by atoms with Crippen LogP contribution in [0.4, 0.5) is 0 Å². The lowest BCUT2D eigenvalue weighted by molar-refractivity contribution is 0.172. The fourth-order valence-corrected chi connectivity index (χ4v) is 3.11. The van der Waals surface area contributed by atoms with Gasteiger partial charge in [-0.25, -0.2) is 18.1 Å². The van der Waals surface area contributed by atoms with Crippen molar-refractivity contribution >= 4 is 21.6 Å². The molecule has 0 aliphatic carbocycles. The Hall–Kier alpha value is -0.690. The fourth-order valence-electron chi connectivity index (χ4n) is 1.52. The average Bonchev–Trinajstić information content (AvgIpc) is 2.37. The van der Waals surface area contributed by atoms with Gasteiger partial charge in [-0.1, -0.05) is 25.4 Å². The van der Waals surface area contributed by atoms with Crippen LogP contribution in [-0.4, -0.2) is 30.7 Å². The molecule has 0 bridgehead atoms. The maximum Gasteiger partial charge on any atom is 0.242 e. The van der Waals surface area contributed by atoms with Gasteiger partial charge in [0.05, 0.1) is 12.1 Å². The van der Waals surface area contributed by atoms with Gasteiger partial charge < -0.3 is 5.11 Å². The fraction of sp³-hybridized carbons (Fsp3) is 0.545. The maximum atomic E-state index is 12.1. The van der Waals surface area contributed by atoms with E-state index in [9.17, 15) is 13.5 Å². The molecule has 0 aliphatic rings. The summed E-state index contributed by atoms with van der Waals surface area (Å²) in [6.07, 6.45) is 2.19. The SMILES string of the molecule is CCC(CC)(CO)NS(=O)(=O)c1ccc(Cl)nc1. The van der Waals surface area contributed by atoms with Crippen LogP contribution in [0.25, 0.3) is 0 Å². The summed E-state index contributed by atoms with van der Waals surface area (Å²) in [7, 11) is -3.70. The van der Waals surface area contributed by atoms with E-state index >= 15 is 0 Å². The van der Waals surface area contributed by atoms with E-state index in [1.807, 2.05) is 13.8 Å². The Bertz CT molecular complexity index is 475. The van der Waals surface area contributed by atoms with Gasteiger partial charge >= 0.3 is 0 Å². The number of halogens is 1. The van der Waals surface area contributed by atoms with Crippen LogP contribution in [-0.2, 0) is 10.0 Å². The lowest BCUT2D eigenvalue weighted by Crippen LogP contribution is -2.50. The summed E-state index contributed by atoms with van der Waals surface area (Å²) in [6.45, 7) is 3.39. The van der Waals surface area contributed by atoms with Gasteiger partial charge in [0.15, 0.2) is 0 Å². The molecule has 0 amide bonds. The Morgan fingerprint density at radius 3 is 2.39 bits per heavy atom. The minimum Gasteiger partial charge on any atom is -0.394 e. The van der Waals surface area contributed by atoms with Crippen LogP contribution in [0.3, 0.4) is 0 Å². The first-order chi connectivity index (χ1) is 8.39. The molecule has 1 aromatic rings. The summed E-state index contributed by atoms with van der Waals surface area (Å²) < 4.78 is 26.8. The Balaban J connectivity index is 3.04. The summed E-state index contributed by atoms with van der Waals surface area (Å²) in [5.74, 6) is 0. The van der Waals surface area contributed by atoms with Gasteiger partial charge in [0, 0.05) is 6.20 Å². The summed E-state index contributed by atoms with van der Waals surface area (Å²) in [4.78, 5) is 3.77. The van der Waals surface area contributed by atoms with E-state index in [1.165, 1.54) is 18.3 Å². The molecule has 1 heterocycles. The first-order valence-electron chi connectivity index (χ1n) is 5.65. The minimum atomic E-state index is -3.70. The van der Waals surface area contributed by atoms with Crippen molar-refractivity contribution in [2.24, 2.45) is 0 Å². The zero-order chi connectivity index (χ0) is 13.8. The number of hydrogen-bond acceptors (Lipinski definition) is 4. The molecule has 102 valence electrons. The standard InChI is InChI=1S/C11H17ClN2O3S/c1-3-11(4-2,8-15)14-18(16,17)9-5-6-10(12)13-7-9/h5-7,14-15H,3-4,8H2,1-2H3. The first kappa shape index (κ1) is 15.4. The number of aromatic nitrogens is 1. The minimum absolute atomic E-state index is 0.0339. The number of nitrogens with zero attached hydrogens (tertiary/aromatic N) is 1. The van der Waals surface area contributed by atoms with Gasteiger partial charge in [0.2, 0.25) is 10.0 Å². The molecule has 0 saturated carbocycles. The molecule has 0 aromatic carbocycles. The summed E-state index contributed by atoms with van der Waals surface area (Å²) in [5.41, 5.74) is -0.835. The van der Waals surface area contributed by atoms with Crippen LogP contribution in [0.15, 0.2) is 23.2 Å². The molecule has 18 heavy (non-hydrogen) atoms. The van der Waals surface area contributed by atoms with Crippen molar-refractivity contribution in [1.82, 2.24) is 9.71 Å². The predicted octanol–water partition coefficient (Wildman–Crippen LogP) is 1.56. The molecular weight excluding hydrogens is 276 g/mol. The smallest absolute Gasteiger partial charge is 0.242 e. The molecule has 0 aliphatic heterocycles. The molecule has 2 N–H and O–H groups in total. The lowest BCUT2D eigenvalue weighted by Gasteiger charge is -2.30. The van der Waals surface area contributed by atoms with Gasteiger partial charge in [0.25, 0.3) is 0 Å². The Labute approximate surface area is 112 Å². The van der Waals surface area contributed by atoms with Gasteiger partial charge in [-0.3, -0.25) is 0 Å². The maximum absolute atomic E-state index is 12.1. The first-order valence-corrected chi connectivity index (χ1v) is 7.51. The number of sulfonamides is 1. The quantitative estimate of drug-likeness (QED) is 0.780. The van der Waals surface area contributed by atoms with Crippen molar-refractivity contribution in [2.75, 3.05) is 6.61 Å². The molecule has 1 rings (SSSR count). The van der Waals surface area contributed by atoms with E-state index in [1.54, 1.807) is 0 Å². The normalized spacial score (nSPS) is 12.7. The lowest BCUT2D eigenvalue weighted by atomic mass is 9.96. The zero-order valence-electron chi connectivity index (χ0n) is 10.4. The van der Waals surface area contributed by atoms with Crippen molar-refractivity contribution in [3.8, 4) is 0 Å². The van der Waals surface area contributed by atoms with Crippen LogP contribution in [0.1, 0.15) is 26.7 Å². The van der Waals surface area contributed by atoms with E-state index in [0.717, 1.165) is 0 Å². The molecular formula is C11H17ClN2O3S. The van der Waals surface area contributed by atoms with Gasteiger partial charge in [-0.15, -0.1) is 0 Å². The molecule has 0 atom stereocenters. The molecule has 0 spiro atoms. The van der Waals surface area contributed by atoms with Gasteiger partial charge in [-0.05, 0) is 25.0 Å². The Morgan fingerprint density at radius 2 is 2.00 bits per heavy atom. The number of rotatable bonds is 6. The highest BCUT2D eigenvalue weighted by atomic mass is 35.5. The topological polar surface area (TPSA) is 79.3 Å². The van der Waals surface area contributed by atoms with Crippen molar-refractivity contribution in [3.63, 3.8) is 0 Å². The van der Waals surface area contributed by atoms with Crippen molar-refractivity contribution < 1.29 is 13.5 Å². The Kier molecular flexibility index (Phi) is 5.10. The zero-order valence-corrected chi connectivity index (χ0v) is 11.9. The third kappa shape index (κ3) is 3.41. The predicted molar refractivity (Wildman–Crippen MR) is 70.0 cm³/mol. The molecule has 7 heteroatoms. The van der Waals surface area contributed by atoms with Crippen LogP contribution in [0.2, 0.25) is 5.15 Å². The average molecular weight is 293 g/mol. The van der Waals surface area contributed by atoms with Crippen LogP contribution >= 0.6 is 11.6 Å². The van der Waals surface area contributed by atoms with Crippen LogP contribution in [0.5, 0.6) is 0 Å². The van der Waals surface area contributed by atoms with Gasteiger partial charge in [0.1, 0.15) is 10.0 Å². The summed E-state index contributed by atoms with van der Waals surface area (Å²) >= 11 is 5.61. The number of pyridine rings is 1.